The summed E-state index contributed by atoms with van der Waals surface area (Å²) in [5.41, 5.74) is 2.61. The van der Waals surface area contributed by atoms with Gasteiger partial charge in [0.15, 0.2) is 0 Å². The van der Waals surface area contributed by atoms with Crippen molar-refractivity contribution in [3.05, 3.63) is 84.1 Å². The first-order valence-corrected chi connectivity index (χ1v) is 8.80. The number of methoxy groups -OCH3 is 1. The van der Waals surface area contributed by atoms with Gasteiger partial charge in [-0.3, -0.25) is 9.48 Å². The van der Waals surface area contributed by atoms with Crippen molar-refractivity contribution in [1.29, 1.82) is 0 Å². The molecule has 0 bridgehead atoms. The fourth-order valence-corrected chi connectivity index (χ4v) is 2.81. The smallest absolute Gasteiger partial charge is 0.294 e. The summed E-state index contributed by atoms with van der Waals surface area (Å²) in [4.78, 5) is 12.4. The van der Waals surface area contributed by atoms with Crippen LogP contribution in [-0.4, -0.2) is 28.0 Å². The highest BCUT2D eigenvalue weighted by molar-refractivity contribution is 6.02. The third kappa shape index (κ3) is 4.32. The third-order valence-corrected chi connectivity index (χ3v) is 4.24. The molecule has 2 aromatic carbocycles. The Kier molecular flexibility index (Phi) is 5.07. The molecule has 0 fully saturated rings. The number of nitrogens with zero attached hydrogens (tertiary/aromatic N) is 3. The summed E-state index contributed by atoms with van der Waals surface area (Å²) in [7, 11) is 1.59. The highest BCUT2D eigenvalue weighted by atomic mass is 19.1. The molecule has 29 heavy (non-hydrogen) atoms. The molecule has 0 radical (unpaired) electrons. The maximum Gasteiger partial charge on any atom is 0.294 e. The zero-order valence-electron chi connectivity index (χ0n) is 15.5. The first-order chi connectivity index (χ1) is 14.1. The normalized spacial score (nSPS) is 10.7. The van der Waals surface area contributed by atoms with Crippen LogP contribution < -0.4 is 10.1 Å². The van der Waals surface area contributed by atoms with Crippen molar-refractivity contribution in [2.24, 2.45) is 0 Å². The minimum Gasteiger partial charge on any atom is -0.497 e. The number of benzene rings is 2. The average Bonchev–Trinajstić information content (AvgIpc) is 3.38. The molecule has 7 nitrogen and oxygen atoms in total. The van der Waals surface area contributed by atoms with Crippen LogP contribution in [0.3, 0.4) is 0 Å². The van der Waals surface area contributed by atoms with Crippen LogP contribution in [0.2, 0.25) is 0 Å². The van der Waals surface area contributed by atoms with Crippen molar-refractivity contribution in [3.63, 3.8) is 0 Å². The second-order valence-electron chi connectivity index (χ2n) is 6.32. The van der Waals surface area contributed by atoms with Crippen LogP contribution in [0.5, 0.6) is 5.75 Å². The largest absolute Gasteiger partial charge is 0.497 e. The van der Waals surface area contributed by atoms with Crippen LogP contribution in [-0.2, 0) is 6.54 Å². The number of nitrogens with one attached hydrogen (secondary N) is 1. The van der Waals surface area contributed by atoms with E-state index in [-0.39, 0.29) is 11.6 Å². The number of carbonyl (C=O) groups excluding carboxylic acids is 1. The van der Waals surface area contributed by atoms with E-state index in [9.17, 15) is 9.18 Å². The lowest BCUT2D eigenvalue weighted by Crippen LogP contribution is -2.10. The van der Waals surface area contributed by atoms with Gasteiger partial charge in [-0.1, -0.05) is 17.3 Å². The van der Waals surface area contributed by atoms with Crippen LogP contribution in [0.4, 0.5) is 10.1 Å². The maximum atomic E-state index is 13.3. The van der Waals surface area contributed by atoms with Gasteiger partial charge in [-0.15, -0.1) is 0 Å². The molecule has 0 atom stereocenters. The van der Waals surface area contributed by atoms with Crippen molar-refractivity contribution in [1.82, 2.24) is 14.9 Å². The summed E-state index contributed by atoms with van der Waals surface area (Å²) in [5.74, 6) is 0.0582. The van der Waals surface area contributed by atoms with Gasteiger partial charge in [-0.25, -0.2) is 4.39 Å². The van der Waals surface area contributed by atoms with E-state index >= 15 is 0 Å². The zero-order chi connectivity index (χ0) is 20.2. The first kappa shape index (κ1) is 18.4. The fraction of sp³-hybridized carbons (Fsp3) is 0.0952. The van der Waals surface area contributed by atoms with Crippen LogP contribution >= 0.6 is 0 Å². The topological polar surface area (TPSA) is 82.2 Å². The molecule has 4 rings (SSSR count). The second kappa shape index (κ2) is 7.97. The number of amides is 1. The predicted molar refractivity (Wildman–Crippen MR) is 104 cm³/mol. The number of rotatable bonds is 6. The molecular formula is C21H17FN4O3. The van der Waals surface area contributed by atoms with Gasteiger partial charge in [0.25, 0.3) is 5.91 Å². The Morgan fingerprint density at radius 1 is 1.21 bits per heavy atom. The molecule has 0 saturated heterocycles. The Morgan fingerprint density at radius 2 is 2.03 bits per heavy atom. The average molecular weight is 392 g/mol. The van der Waals surface area contributed by atoms with E-state index in [1.165, 1.54) is 18.3 Å². The number of aromatic nitrogens is 3. The molecule has 2 aromatic heterocycles. The monoisotopic (exact) mass is 392 g/mol. The number of ether oxygens (including phenoxy) is 1. The molecule has 0 aliphatic rings. The van der Waals surface area contributed by atoms with Crippen molar-refractivity contribution >= 4 is 11.6 Å². The fourth-order valence-electron chi connectivity index (χ4n) is 2.81. The molecule has 0 unspecified atom stereocenters. The lowest BCUT2D eigenvalue weighted by molar-refractivity contribution is 0.0988. The molecule has 1 N–H and O–H groups in total. The minimum atomic E-state index is -0.442. The van der Waals surface area contributed by atoms with Crippen LogP contribution in [0, 0.1) is 5.82 Å². The van der Waals surface area contributed by atoms with Gasteiger partial charge in [-0.05, 0) is 42.0 Å². The van der Waals surface area contributed by atoms with Crippen LogP contribution in [0.15, 0.2) is 71.5 Å². The zero-order valence-corrected chi connectivity index (χ0v) is 15.5. The van der Waals surface area contributed by atoms with Gasteiger partial charge in [0.2, 0.25) is 5.76 Å². The summed E-state index contributed by atoms with van der Waals surface area (Å²) in [6, 6.07) is 15.1. The highest BCUT2D eigenvalue weighted by Crippen LogP contribution is 2.22. The molecule has 146 valence electrons. The predicted octanol–water partition coefficient (Wildman–Crippen LogP) is 3.99. The molecule has 0 aliphatic carbocycles. The first-order valence-electron chi connectivity index (χ1n) is 8.80. The summed E-state index contributed by atoms with van der Waals surface area (Å²) in [6.45, 7) is 0.386. The van der Waals surface area contributed by atoms with Crippen LogP contribution in [0.1, 0.15) is 16.1 Å². The molecule has 0 saturated carbocycles. The van der Waals surface area contributed by atoms with E-state index < -0.39 is 5.91 Å². The van der Waals surface area contributed by atoms with E-state index in [2.05, 4.69) is 15.6 Å². The number of anilines is 1. The SMILES string of the molecule is COc1ccc(-c2cc(C(=O)Nc3cnn(Cc4cccc(F)c4)c3)on2)cc1. The van der Waals surface area contributed by atoms with E-state index in [0.717, 1.165) is 16.9 Å². The Hall–Kier alpha value is -3.94. The summed E-state index contributed by atoms with van der Waals surface area (Å²) >= 11 is 0. The summed E-state index contributed by atoms with van der Waals surface area (Å²) in [5, 5.41) is 10.8. The third-order valence-electron chi connectivity index (χ3n) is 4.24. The molecular weight excluding hydrogens is 375 g/mol. The Morgan fingerprint density at radius 3 is 2.79 bits per heavy atom. The van der Waals surface area contributed by atoms with E-state index in [0.29, 0.717) is 17.9 Å². The Labute approximate surface area is 165 Å². The van der Waals surface area contributed by atoms with Gasteiger partial charge in [0, 0.05) is 17.8 Å². The Bertz CT molecular complexity index is 1130. The Balaban J connectivity index is 1.42. The molecule has 1 amide bonds. The number of hydrogen-bond acceptors (Lipinski definition) is 5. The minimum absolute atomic E-state index is 0.0775. The van der Waals surface area contributed by atoms with Gasteiger partial charge in [0.1, 0.15) is 17.3 Å². The standard InChI is InChI=1S/C21H17FN4O3/c1-28-18-7-5-15(6-8-18)19-10-20(29-25-19)21(27)24-17-11-23-26(13-17)12-14-3-2-4-16(22)9-14/h2-11,13H,12H2,1H3,(H,24,27). The van der Waals surface area contributed by atoms with Gasteiger partial charge < -0.3 is 14.6 Å². The second-order valence-corrected chi connectivity index (χ2v) is 6.32. The van der Waals surface area contributed by atoms with Crippen LogP contribution in [0.25, 0.3) is 11.3 Å². The highest BCUT2D eigenvalue weighted by Gasteiger charge is 2.15. The molecule has 2 heterocycles. The molecule has 0 spiro atoms. The van der Waals surface area contributed by atoms with Crippen molar-refractivity contribution < 1.29 is 18.4 Å². The van der Waals surface area contributed by atoms with Crippen molar-refractivity contribution in [2.45, 2.75) is 6.54 Å². The lowest BCUT2D eigenvalue weighted by atomic mass is 10.1. The van der Waals surface area contributed by atoms with Crippen molar-refractivity contribution in [3.8, 4) is 17.0 Å². The number of halogens is 1. The molecule has 8 heteroatoms. The van der Waals surface area contributed by atoms with E-state index in [4.69, 9.17) is 9.26 Å². The molecule has 0 aliphatic heterocycles. The summed E-state index contributed by atoms with van der Waals surface area (Å²) < 4.78 is 25.2. The van der Waals surface area contributed by atoms with Gasteiger partial charge in [-0.2, -0.15) is 5.10 Å². The number of carbonyl (C=O) groups is 1. The van der Waals surface area contributed by atoms with E-state index in [1.54, 1.807) is 48.3 Å². The maximum absolute atomic E-state index is 13.3. The van der Waals surface area contributed by atoms with E-state index in [1.807, 2.05) is 12.1 Å². The van der Waals surface area contributed by atoms with Gasteiger partial charge in [0.05, 0.1) is 25.5 Å². The lowest BCUT2D eigenvalue weighted by Gasteiger charge is -2.02. The summed E-state index contributed by atoms with van der Waals surface area (Å²) in [6.07, 6.45) is 3.17. The van der Waals surface area contributed by atoms with Crippen molar-refractivity contribution in [2.75, 3.05) is 12.4 Å². The quantitative estimate of drug-likeness (QED) is 0.537. The van der Waals surface area contributed by atoms with Gasteiger partial charge >= 0.3 is 0 Å². The molecule has 4 aromatic rings. The number of hydrogen-bond donors (Lipinski definition) is 1.